The Hall–Kier alpha value is -1.35. The first kappa shape index (κ1) is 22.9. The van der Waals surface area contributed by atoms with E-state index in [9.17, 15) is 13.2 Å². The number of carbonyl (C=O) groups is 1. The number of hydrogen-bond donors (Lipinski definition) is 2. The maximum atomic E-state index is 12.9. The topological polar surface area (TPSA) is 87.7 Å². The number of halogens is 1. The zero-order chi connectivity index (χ0) is 19.4. The molecule has 1 saturated heterocycles. The van der Waals surface area contributed by atoms with Crippen molar-refractivity contribution in [2.24, 2.45) is 0 Å². The number of nitrogens with one attached hydrogen (secondary N) is 2. The summed E-state index contributed by atoms with van der Waals surface area (Å²) < 4.78 is 33.8. The number of likely N-dealkylation sites (tertiary alicyclic amines) is 1. The molecule has 1 saturated carbocycles. The van der Waals surface area contributed by atoms with Gasteiger partial charge >= 0.3 is 0 Å². The Morgan fingerprint density at radius 1 is 1.14 bits per heavy atom. The van der Waals surface area contributed by atoms with E-state index in [0.29, 0.717) is 18.7 Å². The molecule has 1 amide bonds. The number of sulfonamides is 1. The molecule has 1 atom stereocenters. The molecule has 0 aromatic heterocycles. The number of nitrogens with zero attached hydrogens (tertiary/aromatic N) is 1. The van der Waals surface area contributed by atoms with Gasteiger partial charge in [-0.15, -0.1) is 12.4 Å². The number of hydrogen-bond acceptors (Lipinski definition) is 5. The lowest BCUT2D eigenvalue weighted by molar-refractivity contribution is 0.0698. The van der Waals surface area contributed by atoms with E-state index in [-0.39, 0.29) is 41.0 Å². The standard InChI is InChI=1S/C19H29N3O4S.ClH/c1-20-16-8-5-11-22(13-16)19(23)14-9-10-17(26-2)18(12-14)27(24,25)21-15-6-3-4-7-15;/h9-10,12,15-16,20-21H,3-8,11,13H2,1-2H3;1H. The molecule has 28 heavy (non-hydrogen) atoms. The van der Waals surface area contributed by atoms with Gasteiger partial charge in [-0.2, -0.15) is 0 Å². The lowest BCUT2D eigenvalue weighted by Crippen LogP contribution is -2.47. The van der Waals surface area contributed by atoms with Crippen molar-refractivity contribution in [3.63, 3.8) is 0 Å². The minimum atomic E-state index is -3.75. The van der Waals surface area contributed by atoms with E-state index in [4.69, 9.17) is 4.74 Å². The highest BCUT2D eigenvalue weighted by Crippen LogP contribution is 2.28. The minimum absolute atomic E-state index is 0. The molecule has 1 aromatic carbocycles. The van der Waals surface area contributed by atoms with Crippen LogP contribution >= 0.6 is 12.4 Å². The van der Waals surface area contributed by atoms with Gasteiger partial charge in [0.05, 0.1) is 7.11 Å². The molecule has 9 heteroatoms. The quantitative estimate of drug-likeness (QED) is 0.720. The Kier molecular flexibility index (Phi) is 8.12. The number of benzene rings is 1. The van der Waals surface area contributed by atoms with Crippen LogP contribution in [-0.4, -0.2) is 58.6 Å². The van der Waals surface area contributed by atoms with Crippen LogP contribution in [0, 0.1) is 0 Å². The Bertz CT molecular complexity index is 781. The lowest BCUT2D eigenvalue weighted by Gasteiger charge is -2.32. The van der Waals surface area contributed by atoms with Crippen molar-refractivity contribution in [2.45, 2.75) is 55.5 Å². The van der Waals surface area contributed by atoms with E-state index in [0.717, 1.165) is 38.5 Å². The molecule has 158 valence electrons. The number of carbonyl (C=O) groups excluding carboxylic acids is 1. The molecular weight excluding hydrogens is 402 g/mol. The number of piperidine rings is 1. The Morgan fingerprint density at radius 2 is 1.82 bits per heavy atom. The molecule has 1 aliphatic heterocycles. The molecule has 2 aliphatic rings. The molecule has 1 heterocycles. The molecule has 2 N–H and O–H groups in total. The van der Waals surface area contributed by atoms with Crippen molar-refractivity contribution in [1.82, 2.24) is 14.9 Å². The van der Waals surface area contributed by atoms with E-state index >= 15 is 0 Å². The van der Waals surface area contributed by atoms with Gasteiger partial charge in [-0.1, -0.05) is 12.8 Å². The van der Waals surface area contributed by atoms with Gasteiger partial charge in [0.2, 0.25) is 10.0 Å². The van der Waals surface area contributed by atoms with Gasteiger partial charge in [0.1, 0.15) is 10.6 Å². The first-order valence-corrected chi connectivity index (χ1v) is 11.1. The molecule has 1 aliphatic carbocycles. The van der Waals surface area contributed by atoms with Crippen LogP contribution in [0.2, 0.25) is 0 Å². The van der Waals surface area contributed by atoms with Crippen LogP contribution in [0.3, 0.4) is 0 Å². The summed E-state index contributed by atoms with van der Waals surface area (Å²) in [7, 11) is -0.414. The van der Waals surface area contributed by atoms with Crippen molar-refractivity contribution in [1.29, 1.82) is 0 Å². The SMILES string of the molecule is CNC1CCCN(C(=O)c2ccc(OC)c(S(=O)(=O)NC3CCCC3)c2)C1.Cl. The molecule has 2 fully saturated rings. The van der Waals surface area contributed by atoms with E-state index in [1.54, 1.807) is 17.0 Å². The number of amides is 1. The van der Waals surface area contributed by atoms with Crippen LogP contribution in [0.15, 0.2) is 23.1 Å². The van der Waals surface area contributed by atoms with Crippen LogP contribution in [0.1, 0.15) is 48.9 Å². The van der Waals surface area contributed by atoms with Gasteiger partial charge < -0.3 is 15.0 Å². The Balaban J connectivity index is 0.00000280. The highest BCUT2D eigenvalue weighted by Gasteiger charge is 2.28. The van der Waals surface area contributed by atoms with Crippen molar-refractivity contribution in [3.8, 4) is 5.75 Å². The van der Waals surface area contributed by atoms with Gasteiger partial charge in [0.15, 0.2) is 0 Å². The maximum Gasteiger partial charge on any atom is 0.253 e. The fourth-order valence-electron chi connectivity index (χ4n) is 3.93. The van der Waals surface area contributed by atoms with Crippen LogP contribution in [-0.2, 0) is 10.0 Å². The summed E-state index contributed by atoms with van der Waals surface area (Å²) >= 11 is 0. The van der Waals surface area contributed by atoms with Gasteiger partial charge in [-0.25, -0.2) is 13.1 Å². The number of rotatable bonds is 6. The summed E-state index contributed by atoms with van der Waals surface area (Å²) in [5.41, 5.74) is 0.374. The molecule has 0 spiro atoms. The molecular formula is C19H30ClN3O4S. The predicted molar refractivity (Wildman–Crippen MR) is 111 cm³/mol. The van der Waals surface area contributed by atoms with Gasteiger partial charge in [0.25, 0.3) is 5.91 Å². The van der Waals surface area contributed by atoms with Crippen molar-refractivity contribution in [3.05, 3.63) is 23.8 Å². The molecule has 1 aromatic rings. The number of methoxy groups -OCH3 is 1. The molecule has 0 radical (unpaired) electrons. The summed E-state index contributed by atoms with van der Waals surface area (Å²) in [5, 5.41) is 3.21. The third-order valence-corrected chi connectivity index (χ3v) is 7.04. The fourth-order valence-corrected chi connectivity index (χ4v) is 5.43. The monoisotopic (exact) mass is 431 g/mol. The highest BCUT2D eigenvalue weighted by molar-refractivity contribution is 7.89. The van der Waals surface area contributed by atoms with Crippen LogP contribution in [0.5, 0.6) is 5.75 Å². The normalized spacial score (nSPS) is 20.6. The average molecular weight is 432 g/mol. The summed E-state index contributed by atoms with van der Waals surface area (Å²) in [6.07, 6.45) is 5.73. The van der Waals surface area contributed by atoms with Crippen molar-refractivity contribution < 1.29 is 17.9 Å². The Morgan fingerprint density at radius 3 is 2.46 bits per heavy atom. The van der Waals surface area contributed by atoms with E-state index < -0.39 is 10.0 Å². The Labute approximate surface area is 173 Å². The third kappa shape index (κ3) is 5.17. The number of ether oxygens (including phenoxy) is 1. The first-order valence-electron chi connectivity index (χ1n) is 9.61. The minimum Gasteiger partial charge on any atom is -0.495 e. The van der Waals surface area contributed by atoms with E-state index in [1.165, 1.54) is 13.2 Å². The van der Waals surface area contributed by atoms with Gasteiger partial charge in [-0.3, -0.25) is 4.79 Å². The largest absolute Gasteiger partial charge is 0.495 e. The predicted octanol–water partition coefficient (Wildman–Crippen LogP) is 2.16. The zero-order valence-corrected chi connectivity index (χ0v) is 18.1. The molecule has 3 rings (SSSR count). The summed E-state index contributed by atoms with van der Waals surface area (Å²) in [4.78, 5) is 14.7. The first-order chi connectivity index (χ1) is 12.9. The van der Waals surface area contributed by atoms with Gasteiger partial charge in [0, 0.05) is 30.7 Å². The van der Waals surface area contributed by atoms with Crippen LogP contribution < -0.4 is 14.8 Å². The lowest BCUT2D eigenvalue weighted by atomic mass is 10.0. The smallest absolute Gasteiger partial charge is 0.253 e. The molecule has 1 unspecified atom stereocenters. The second-order valence-electron chi connectivity index (χ2n) is 7.35. The second-order valence-corrected chi connectivity index (χ2v) is 9.03. The van der Waals surface area contributed by atoms with Crippen LogP contribution in [0.25, 0.3) is 0 Å². The van der Waals surface area contributed by atoms with Crippen molar-refractivity contribution in [2.75, 3.05) is 27.2 Å². The summed E-state index contributed by atoms with van der Waals surface area (Å²) in [5.74, 6) is 0.110. The summed E-state index contributed by atoms with van der Waals surface area (Å²) in [6, 6.07) is 4.88. The average Bonchev–Trinajstić information content (AvgIpc) is 3.19. The van der Waals surface area contributed by atoms with E-state index in [2.05, 4.69) is 10.0 Å². The van der Waals surface area contributed by atoms with Gasteiger partial charge in [-0.05, 0) is 50.9 Å². The van der Waals surface area contributed by atoms with E-state index in [1.807, 2.05) is 7.05 Å². The summed E-state index contributed by atoms with van der Waals surface area (Å²) in [6.45, 7) is 1.31. The van der Waals surface area contributed by atoms with Crippen molar-refractivity contribution >= 4 is 28.3 Å². The maximum absolute atomic E-state index is 12.9. The fraction of sp³-hybridized carbons (Fsp3) is 0.632. The zero-order valence-electron chi connectivity index (χ0n) is 16.4. The number of likely N-dealkylation sites (N-methyl/N-ethyl adjacent to an activating group) is 1. The second kappa shape index (κ2) is 9.91. The third-order valence-electron chi connectivity index (χ3n) is 5.49. The van der Waals surface area contributed by atoms with Crippen LogP contribution in [0.4, 0.5) is 0 Å². The molecule has 0 bridgehead atoms. The molecule has 7 nitrogen and oxygen atoms in total. The highest BCUT2D eigenvalue weighted by atomic mass is 35.5.